The molecule has 1 saturated heterocycles. The summed E-state index contributed by atoms with van der Waals surface area (Å²) in [6, 6.07) is 19.2. The maximum absolute atomic E-state index is 13.3. The number of rotatable bonds is 7. The zero-order chi connectivity index (χ0) is 23.5. The fourth-order valence-corrected chi connectivity index (χ4v) is 4.16. The Labute approximate surface area is 199 Å². The lowest BCUT2D eigenvalue weighted by molar-refractivity contribution is -0.116. The topological polar surface area (TPSA) is 79.7 Å². The van der Waals surface area contributed by atoms with Crippen LogP contribution in [0.3, 0.4) is 0 Å². The number of hydrogen-bond acceptors (Lipinski definition) is 5. The van der Waals surface area contributed by atoms with Crippen molar-refractivity contribution in [3.05, 3.63) is 72.1 Å². The van der Waals surface area contributed by atoms with Gasteiger partial charge in [-0.25, -0.2) is 4.68 Å². The fourth-order valence-electron chi connectivity index (χ4n) is 4.16. The molecule has 34 heavy (non-hydrogen) atoms. The van der Waals surface area contributed by atoms with Crippen LogP contribution in [0.1, 0.15) is 34.9 Å². The molecule has 8 nitrogen and oxygen atoms in total. The second-order valence-electron chi connectivity index (χ2n) is 8.83. The molecule has 2 fully saturated rings. The Hall–Kier alpha value is -3.65. The van der Waals surface area contributed by atoms with E-state index >= 15 is 0 Å². The van der Waals surface area contributed by atoms with Crippen LogP contribution in [0.25, 0.3) is 5.69 Å². The molecular formula is C26H29N5O3. The number of likely N-dealkylation sites (N-methyl/N-ethyl adjacent to an activating group) is 1. The lowest BCUT2D eigenvalue weighted by Gasteiger charge is -2.28. The predicted octanol–water partition coefficient (Wildman–Crippen LogP) is 3.30. The first kappa shape index (κ1) is 22.2. The van der Waals surface area contributed by atoms with Crippen molar-refractivity contribution in [2.24, 2.45) is 0 Å². The Morgan fingerprint density at radius 3 is 2.41 bits per heavy atom. The van der Waals surface area contributed by atoms with E-state index in [-0.39, 0.29) is 18.4 Å². The SMILES string of the molecule is CN(CC(=O)Nc1ccc(N2CCOCC2)cc1)C(=O)c1cc(C2CC2)nn1-c1ccccc1. The smallest absolute Gasteiger partial charge is 0.272 e. The predicted molar refractivity (Wildman–Crippen MR) is 131 cm³/mol. The van der Waals surface area contributed by atoms with Crippen molar-refractivity contribution < 1.29 is 14.3 Å². The lowest BCUT2D eigenvalue weighted by Crippen LogP contribution is -2.36. The van der Waals surface area contributed by atoms with Crippen LogP contribution in [0.4, 0.5) is 11.4 Å². The van der Waals surface area contributed by atoms with Gasteiger partial charge in [0.25, 0.3) is 5.91 Å². The zero-order valence-corrected chi connectivity index (χ0v) is 19.3. The number of ether oxygens (including phenoxy) is 1. The molecule has 3 aromatic rings. The van der Waals surface area contributed by atoms with Crippen molar-refractivity contribution in [1.82, 2.24) is 14.7 Å². The van der Waals surface area contributed by atoms with Crippen molar-refractivity contribution in [3.63, 3.8) is 0 Å². The number of anilines is 2. The largest absolute Gasteiger partial charge is 0.378 e. The highest BCUT2D eigenvalue weighted by Gasteiger charge is 2.30. The van der Waals surface area contributed by atoms with E-state index in [1.54, 1.807) is 11.7 Å². The van der Waals surface area contributed by atoms with E-state index in [0.29, 0.717) is 17.3 Å². The minimum atomic E-state index is -0.247. The van der Waals surface area contributed by atoms with E-state index < -0.39 is 0 Å². The molecule has 2 heterocycles. The summed E-state index contributed by atoms with van der Waals surface area (Å²) in [5, 5.41) is 7.59. The third-order valence-corrected chi connectivity index (χ3v) is 6.20. The van der Waals surface area contributed by atoms with Gasteiger partial charge in [0.2, 0.25) is 5.91 Å². The van der Waals surface area contributed by atoms with Gasteiger partial charge in [-0.1, -0.05) is 18.2 Å². The molecule has 1 aliphatic carbocycles. The van der Waals surface area contributed by atoms with Gasteiger partial charge in [-0.15, -0.1) is 0 Å². The highest BCUT2D eigenvalue weighted by Crippen LogP contribution is 2.39. The van der Waals surface area contributed by atoms with Gasteiger partial charge in [0.15, 0.2) is 0 Å². The van der Waals surface area contributed by atoms with E-state index in [0.717, 1.165) is 56.2 Å². The van der Waals surface area contributed by atoms with E-state index in [9.17, 15) is 9.59 Å². The highest BCUT2D eigenvalue weighted by atomic mass is 16.5. The Morgan fingerprint density at radius 2 is 1.74 bits per heavy atom. The molecular weight excluding hydrogens is 430 g/mol. The number of nitrogens with one attached hydrogen (secondary N) is 1. The Bertz CT molecular complexity index is 1150. The number of para-hydroxylation sites is 1. The second-order valence-corrected chi connectivity index (χ2v) is 8.83. The van der Waals surface area contributed by atoms with Crippen LogP contribution in [0.15, 0.2) is 60.7 Å². The van der Waals surface area contributed by atoms with Crippen LogP contribution in [-0.4, -0.2) is 66.4 Å². The first-order valence-electron chi connectivity index (χ1n) is 11.7. The van der Waals surface area contributed by atoms with Crippen LogP contribution in [0, 0.1) is 0 Å². The number of morpholine rings is 1. The average molecular weight is 460 g/mol. The van der Waals surface area contributed by atoms with Crippen molar-refractivity contribution in [2.75, 3.05) is 50.1 Å². The Balaban J connectivity index is 1.24. The maximum Gasteiger partial charge on any atom is 0.272 e. The van der Waals surface area contributed by atoms with Gasteiger partial charge < -0.3 is 19.9 Å². The number of aromatic nitrogens is 2. The molecule has 176 valence electrons. The molecule has 0 bridgehead atoms. The Kier molecular flexibility index (Phi) is 6.31. The quantitative estimate of drug-likeness (QED) is 0.587. The number of carbonyl (C=O) groups is 2. The summed E-state index contributed by atoms with van der Waals surface area (Å²) in [4.78, 5) is 29.6. The average Bonchev–Trinajstić information content (AvgIpc) is 3.63. The normalized spacial score (nSPS) is 15.7. The van der Waals surface area contributed by atoms with Crippen molar-refractivity contribution in [2.45, 2.75) is 18.8 Å². The molecule has 0 spiro atoms. The van der Waals surface area contributed by atoms with Crippen LogP contribution >= 0.6 is 0 Å². The molecule has 0 radical (unpaired) electrons. The van der Waals surface area contributed by atoms with Crippen molar-refractivity contribution >= 4 is 23.2 Å². The first-order valence-corrected chi connectivity index (χ1v) is 11.7. The summed E-state index contributed by atoms with van der Waals surface area (Å²) >= 11 is 0. The van der Waals surface area contributed by atoms with Crippen LogP contribution in [-0.2, 0) is 9.53 Å². The van der Waals surface area contributed by atoms with E-state index in [1.807, 2.05) is 60.7 Å². The minimum absolute atomic E-state index is 0.0528. The maximum atomic E-state index is 13.3. The fraction of sp³-hybridized carbons (Fsp3) is 0.346. The van der Waals surface area contributed by atoms with Gasteiger partial charge in [0.1, 0.15) is 5.69 Å². The minimum Gasteiger partial charge on any atom is -0.378 e. The lowest BCUT2D eigenvalue weighted by atomic mass is 10.2. The third-order valence-electron chi connectivity index (χ3n) is 6.20. The van der Waals surface area contributed by atoms with Gasteiger partial charge in [0.05, 0.1) is 31.1 Å². The summed E-state index contributed by atoms with van der Waals surface area (Å²) in [5.41, 5.74) is 4.04. The molecule has 2 aromatic carbocycles. The molecule has 1 saturated carbocycles. The van der Waals surface area contributed by atoms with Crippen molar-refractivity contribution in [3.8, 4) is 5.69 Å². The summed E-state index contributed by atoms with van der Waals surface area (Å²) in [6.45, 7) is 3.12. The van der Waals surface area contributed by atoms with Crippen LogP contribution in [0.2, 0.25) is 0 Å². The molecule has 1 aliphatic heterocycles. The van der Waals surface area contributed by atoms with Crippen LogP contribution < -0.4 is 10.2 Å². The van der Waals surface area contributed by atoms with Crippen molar-refractivity contribution in [1.29, 1.82) is 0 Å². The molecule has 2 amide bonds. The zero-order valence-electron chi connectivity index (χ0n) is 19.3. The first-order chi connectivity index (χ1) is 16.6. The van der Waals surface area contributed by atoms with E-state index in [4.69, 9.17) is 9.84 Å². The number of amides is 2. The monoisotopic (exact) mass is 459 g/mol. The van der Waals surface area contributed by atoms with E-state index in [1.165, 1.54) is 4.90 Å². The number of hydrogen-bond donors (Lipinski definition) is 1. The summed E-state index contributed by atoms with van der Waals surface area (Å²) in [6.07, 6.45) is 2.20. The van der Waals surface area contributed by atoms with Gasteiger partial charge >= 0.3 is 0 Å². The number of carbonyl (C=O) groups excluding carboxylic acids is 2. The van der Waals surface area contributed by atoms with Gasteiger partial charge in [-0.3, -0.25) is 9.59 Å². The highest BCUT2D eigenvalue weighted by molar-refractivity contribution is 5.98. The molecule has 2 aliphatic rings. The van der Waals surface area contributed by atoms with Gasteiger partial charge in [0, 0.05) is 37.4 Å². The number of nitrogens with zero attached hydrogens (tertiary/aromatic N) is 4. The van der Waals surface area contributed by atoms with Gasteiger partial charge in [-0.2, -0.15) is 5.10 Å². The summed E-state index contributed by atoms with van der Waals surface area (Å²) < 4.78 is 7.09. The molecule has 8 heteroatoms. The molecule has 0 unspecified atom stereocenters. The van der Waals surface area contributed by atoms with E-state index in [2.05, 4.69) is 10.2 Å². The molecule has 5 rings (SSSR count). The number of benzene rings is 2. The standard InChI is InChI=1S/C26H29N5O3/c1-29(18-25(32)27-20-9-11-21(12-10-20)30-13-15-34-16-14-30)26(33)24-17-23(19-7-8-19)28-31(24)22-5-3-2-4-6-22/h2-6,9-12,17,19H,7-8,13-16,18H2,1H3,(H,27,32). The summed E-state index contributed by atoms with van der Waals surface area (Å²) in [7, 11) is 1.64. The Morgan fingerprint density at radius 1 is 1.03 bits per heavy atom. The summed E-state index contributed by atoms with van der Waals surface area (Å²) in [5.74, 6) is -0.0604. The molecule has 1 N–H and O–H groups in total. The molecule has 1 aromatic heterocycles. The third kappa shape index (κ3) is 4.97. The molecule has 0 atom stereocenters. The van der Waals surface area contributed by atoms with Crippen LogP contribution in [0.5, 0.6) is 0 Å². The van der Waals surface area contributed by atoms with Gasteiger partial charge in [-0.05, 0) is 55.3 Å². The second kappa shape index (κ2) is 9.69.